The van der Waals surface area contributed by atoms with Crippen LogP contribution in [-0.2, 0) is 6.42 Å². The van der Waals surface area contributed by atoms with Gasteiger partial charge < -0.3 is 9.26 Å². The van der Waals surface area contributed by atoms with Crippen LogP contribution in [0.2, 0.25) is 0 Å². The summed E-state index contributed by atoms with van der Waals surface area (Å²) in [5, 5.41) is 6.11. The Bertz CT molecular complexity index is 814. The predicted molar refractivity (Wildman–Crippen MR) is 102 cm³/mol. The number of hydrogen-bond donors (Lipinski definition) is 0. The van der Waals surface area contributed by atoms with E-state index in [2.05, 4.69) is 39.3 Å². The first-order chi connectivity index (χ1) is 12.8. The number of nitrogens with zero attached hydrogens (tertiary/aromatic N) is 3. The van der Waals surface area contributed by atoms with Gasteiger partial charge in [-0.25, -0.2) is 0 Å². The van der Waals surface area contributed by atoms with E-state index >= 15 is 0 Å². The van der Waals surface area contributed by atoms with Crippen LogP contribution in [0.5, 0.6) is 5.75 Å². The van der Waals surface area contributed by atoms with Crippen LogP contribution >= 0.6 is 11.3 Å². The smallest absolute Gasteiger partial charge is 0.227 e. The summed E-state index contributed by atoms with van der Waals surface area (Å²) >= 11 is 1.63. The minimum Gasteiger partial charge on any atom is -0.497 e. The summed E-state index contributed by atoms with van der Waals surface area (Å²) < 4.78 is 10.7. The molecule has 1 unspecified atom stereocenters. The normalized spacial score (nSPS) is 17.7. The average Bonchev–Trinajstić information content (AvgIpc) is 3.43. The molecule has 0 bridgehead atoms. The quantitative estimate of drug-likeness (QED) is 0.610. The highest BCUT2D eigenvalue weighted by molar-refractivity contribution is 7.13. The maximum Gasteiger partial charge on any atom is 0.227 e. The molecule has 0 radical (unpaired) electrons. The van der Waals surface area contributed by atoms with E-state index in [0.29, 0.717) is 11.9 Å². The number of benzene rings is 1. The number of methoxy groups -OCH3 is 1. The summed E-state index contributed by atoms with van der Waals surface area (Å²) in [4.78, 5) is 8.14. The SMILES string of the molecule is COc1ccc(C2CCCN2CCCc2nc(-c3cccs3)no2)cc1. The molecule has 6 heteroatoms. The van der Waals surface area contributed by atoms with Crippen LogP contribution in [-0.4, -0.2) is 35.2 Å². The van der Waals surface area contributed by atoms with E-state index in [1.807, 2.05) is 17.5 Å². The van der Waals surface area contributed by atoms with Gasteiger partial charge in [0.15, 0.2) is 0 Å². The maximum atomic E-state index is 5.40. The van der Waals surface area contributed by atoms with Crippen LogP contribution in [0.1, 0.15) is 36.8 Å². The van der Waals surface area contributed by atoms with E-state index in [0.717, 1.165) is 42.4 Å². The second kappa shape index (κ2) is 8.01. The molecule has 5 nitrogen and oxygen atoms in total. The Morgan fingerprint density at radius 3 is 2.92 bits per heavy atom. The van der Waals surface area contributed by atoms with Crippen molar-refractivity contribution in [2.45, 2.75) is 31.7 Å². The van der Waals surface area contributed by atoms with Gasteiger partial charge in [-0.3, -0.25) is 4.90 Å². The van der Waals surface area contributed by atoms with E-state index in [4.69, 9.17) is 9.26 Å². The fourth-order valence-electron chi connectivity index (χ4n) is 3.59. The largest absolute Gasteiger partial charge is 0.497 e. The van der Waals surface area contributed by atoms with Gasteiger partial charge in [-0.05, 0) is 61.5 Å². The molecule has 0 spiro atoms. The Morgan fingerprint density at radius 2 is 2.15 bits per heavy atom. The molecule has 1 fully saturated rings. The highest BCUT2D eigenvalue weighted by Crippen LogP contribution is 2.32. The zero-order chi connectivity index (χ0) is 17.8. The molecule has 3 heterocycles. The molecule has 26 heavy (non-hydrogen) atoms. The summed E-state index contributed by atoms with van der Waals surface area (Å²) in [6.45, 7) is 2.20. The van der Waals surface area contributed by atoms with Crippen molar-refractivity contribution < 1.29 is 9.26 Å². The molecule has 1 aromatic carbocycles. The summed E-state index contributed by atoms with van der Waals surface area (Å²) in [6, 6.07) is 13.0. The first-order valence-corrected chi connectivity index (χ1v) is 9.96. The van der Waals surface area contributed by atoms with Crippen LogP contribution < -0.4 is 4.74 Å². The van der Waals surface area contributed by atoms with Crippen molar-refractivity contribution in [2.75, 3.05) is 20.2 Å². The lowest BCUT2D eigenvalue weighted by Crippen LogP contribution is -2.24. The van der Waals surface area contributed by atoms with Crippen molar-refractivity contribution in [3.05, 3.63) is 53.2 Å². The second-order valence-corrected chi connectivity index (χ2v) is 7.51. The zero-order valence-electron chi connectivity index (χ0n) is 14.9. The van der Waals surface area contributed by atoms with Gasteiger partial charge >= 0.3 is 0 Å². The summed E-state index contributed by atoms with van der Waals surface area (Å²) in [5.74, 6) is 2.34. The third-order valence-corrected chi connectivity index (χ3v) is 5.78. The van der Waals surface area contributed by atoms with Gasteiger partial charge in [0.25, 0.3) is 0 Å². The zero-order valence-corrected chi connectivity index (χ0v) is 15.7. The third kappa shape index (κ3) is 3.81. The van der Waals surface area contributed by atoms with Crippen molar-refractivity contribution in [3.8, 4) is 16.5 Å². The number of likely N-dealkylation sites (tertiary alicyclic amines) is 1. The highest BCUT2D eigenvalue weighted by Gasteiger charge is 2.25. The van der Waals surface area contributed by atoms with Gasteiger partial charge in [-0.1, -0.05) is 23.4 Å². The number of aromatic nitrogens is 2. The van der Waals surface area contributed by atoms with Crippen LogP contribution in [0.15, 0.2) is 46.3 Å². The maximum absolute atomic E-state index is 5.40. The fraction of sp³-hybridized carbons (Fsp3) is 0.400. The number of thiophene rings is 1. The lowest BCUT2D eigenvalue weighted by atomic mass is 10.0. The van der Waals surface area contributed by atoms with Gasteiger partial charge in [0.1, 0.15) is 5.75 Å². The molecule has 3 aromatic rings. The lowest BCUT2D eigenvalue weighted by molar-refractivity contribution is 0.249. The molecule has 1 saturated heterocycles. The van der Waals surface area contributed by atoms with E-state index in [1.165, 1.54) is 18.4 Å². The number of hydrogen-bond acceptors (Lipinski definition) is 6. The molecule has 1 atom stereocenters. The third-order valence-electron chi connectivity index (χ3n) is 4.91. The Labute approximate surface area is 157 Å². The van der Waals surface area contributed by atoms with Gasteiger partial charge in [0.2, 0.25) is 11.7 Å². The molecule has 1 aliphatic rings. The first-order valence-electron chi connectivity index (χ1n) is 9.08. The summed E-state index contributed by atoms with van der Waals surface area (Å²) in [6.07, 6.45) is 4.32. The number of rotatable bonds is 7. The minimum absolute atomic E-state index is 0.505. The van der Waals surface area contributed by atoms with Crippen molar-refractivity contribution in [2.24, 2.45) is 0 Å². The van der Waals surface area contributed by atoms with E-state index in [-0.39, 0.29) is 0 Å². The van der Waals surface area contributed by atoms with E-state index in [1.54, 1.807) is 18.4 Å². The molecular weight excluding hydrogens is 346 g/mol. The van der Waals surface area contributed by atoms with Crippen molar-refractivity contribution in [1.29, 1.82) is 0 Å². The Morgan fingerprint density at radius 1 is 1.27 bits per heavy atom. The van der Waals surface area contributed by atoms with Gasteiger partial charge in [0, 0.05) is 12.5 Å². The second-order valence-electron chi connectivity index (χ2n) is 6.56. The van der Waals surface area contributed by atoms with Crippen molar-refractivity contribution >= 4 is 11.3 Å². The lowest BCUT2D eigenvalue weighted by Gasteiger charge is -2.24. The average molecular weight is 369 g/mol. The number of ether oxygens (including phenoxy) is 1. The van der Waals surface area contributed by atoms with Gasteiger partial charge in [-0.2, -0.15) is 4.98 Å². The van der Waals surface area contributed by atoms with Crippen LogP contribution in [0.25, 0.3) is 10.7 Å². The first kappa shape index (κ1) is 17.2. The van der Waals surface area contributed by atoms with E-state index in [9.17, 15) is 0 Å². The molecule has 4 rings (SSSR count). The topological polar surface area (TPSA) is 51.4 Å². The van der Waals surface area contributed by atoms with Gasteiger partial charge in [-0.15, -0.1) is 11.3 Å². The Hall–Kier alpha value is -2.18. The van der Waals surface area contributed by atoms with Crippen molar-refractivity contribution in [3.63, 3.8) is 0 Å². The molecular formula is C20H23N3O2S. The molecule has 0 amide bonds. The Balaban J connectivity index is 1.32. The monoisotopic (exact) mass is 369 g/mol. The predicted octanol–water partition coefficient (Wildman–Crippen LogP) is 4.58. The highest BCUT2D eigenvalue weighted by atomic mass is 32.1. The summed E-state index contributed by atoms with van der Waals surface area (Å²) in [7, 11) is 1.71. The molecule has 2 aromatic heterocycles. The van der Waals surface area contributed by atoms with Crippen LogP contribution in [0, 0.1) is 0 Å². The van der Waals surface area contributed by atoms with Gasteiger partial charge in [0.05, 0.1) is 12.0 Å². The molecule has 0 aliphatic carbocycles. The van der Waals surface area contributed by atoms with E-state index < -0.39 is 0 Å². The van der Waals surface area contributed by atoms with Crippen molar-refractivity contribution in [1.82, 2.24) is 15.0 Å². The molecule has 1 aliphatic heterocycles. The summed E-state index contributed by atoms with van der Waals surface area (Å²) in [5.41, 5.74) is 1.38. The van der Waals surface area contributed by atoms with Crippen LogP contribution in [0.4, 0.5) is 0 Å². The minimum atomic E-state index is 0.505. The molecule has 0 N–H and O–H groups in total. The molecule has 0 saturated carbocycles. The van der Waals surface area contributed by atoms with Crippen LogP contribution in [0.3, 0.4) is 0 Å². The molecule has 136 valence electrons. The fourth-order valence-corrected chi connectivity index (χ4v) is 4.24. The Kier molecular flexibility index (Phi) is 5.32. The number of aryl methyl sites for hydroxylation is 1. The standard InChI is InChI=1S/C20H23N3O2S/c1-24-16-10-8-15(9-11-16)17-5-2-12-23(17)13-3-7-19-21-20(22-25-19)18-6-4-14-26-18/h4,6,8-11,14,17H,2-3,5,7,12-13H2,1H3.